The van der Waals surface area contributed by atoms with Gasteiger partial charge in [-0.05, 0) is 12.1 Å². The summed E-state index contributed by atoms with van der Waals surface area (Å²) in [6.45, 7) is 5.18. The average molecular weight is 342 g/mol. The van der Waals surface area contributed by atoms with E-state index >= 15 is 0 Å². The van der Waals surface area contributed by atoms with Crippen molar-refractivity contribution < 1.29 is 22.7 Å². The van der Waals surface area contributed by atoms with Crippen LogP contribution in [0.3, 0.4) is 0 Å². The second-order valence-corrected chi connectivity index (χ2v) is 7.50. The molecule has 1 aromatic heterocycles. The molecule has 9 nitrogen and oxygen atoms in total. The van der Waals surface area contributed by atoms with Gasteiger partial charge in [0.25, 0.3) is 0 Å². The van der Waals surface area contributed by atoms with Crippen LogP contribution in [-0.2, 0) is 19.7 Å². The number of rotatable bonds is 4. The lowest BCUT2D eigenvalue weighted by atomic mass is 9.96. The molecule has 1 fully saturated rings. The minimum Gasteiger partial charge on any atom is -0.447 e. The van der Waals surface area contributed by atoms with E-state index < -0.39 is 21.7 Å². The summed E-state index contributed by atoms with van der Waals surface area (Å²) >= 11 is 0. The normalized spacial score (nSPS) is 15.3. The van der Waals surface area contributed by atoms with Gasteiger partial charge in [-0.15, -0.1) is 0 Å². The molecule has 0 aliphatic carbocycles. The molecule has 1 aliphatic heterocycles. The molecule has 0 unspecified atom stereocenters. The van der Waals surface area contributed by atoms with Gasteiger partial charge in [0, 0.05) is 5.41 Å². The van der Waals surface area contributed by atoms with Crippen LogP contribution in [0.15, 0.2) is 18.2 Å². The van der Waals surface area contributed by atoms with Crippen LogP contribution in [0.2, 0.25) is 0 Å². The molecule has 1 saturated heterocycles. The van der Waals surface area contributed by atoms with Gasteiger partial charge in [-0.2, -0.15) is 12.7 Å². The summed E-state index contributed by atoms with van der Waals surface area (Å²) in [5.74, 6) is -0.0707. The molecule has 1 aliphatic rings. The number of carbonyl (C=O) groups is 2. The fraction of sp³-hybridized carbons (Fsp3) is 0.462. The Kier molecular flexibility index (Phi) is 4.46. The zero-order valence-electron chi connectivity index (χ0n) is 13.0. The molecular weight excluding hydrogens is 324 g/mol. The van der Waals surface area contributed by atoms with E-state index in [1.54, 1.807) is 20.8 Å². The van der Waals surface area contributed by atoms with Crippen LogP contribution >= 0.6 is 0 Å². The predicted molar refractivity (Wildman–Crippen MR) is 82.9 cm³/mol. The third kappa shape index (κ3) is 4.09. The van der Waals surface area contributed by atoms with Crippen LogP contribution in [0, 0.1) is 5.41 Å². The third-order valence-electron chi connectivity index (χ3n) is 2.92. The second-order valence-electron chi connectivity index (χ2n) is 5.91. The molecule has 0 bridgehead atoms. The summed E-state index contributed by atoms with van der Waals surface area (Å²) in [6.07, 6.45) is -0.935. The number of nitrogens with zero attached hydrogens (tertiary/aromatic N) is 2. The zero-order valence-corrected chi connectivity index (χ0v) is 13.8. The maximum absolute atomic E-state index is 12.1. The first-order valence-electron chi connectivity index (χ1n) is 6.85. The number of aromatic nitrogens is 1. The Labute approximate surface area is 134 Å². The predicted octanol–water partition coefficient (Wildman–Crippen LogP) is 1.18. The van der Waals surface area contributed by atoms with Gasteiger partial charge in [-0.3, -0.25) is 4.79 Å². The molecule has 2 rings (SSSR count). The topological polar surface area (TPSA) is 118 Å². The van der Waals surface area contributed by atoms with Crippen molar-refractivity contribution in [1.82, 2.24) is 9.29 Å². The number of nitrogens with one attached hydrogen (secondary N) is 2. The Hall–Kier alpha value is -2.36. The Morgan fingerprint density at radius 3 is 2.52 bits per heavy atom. The number of pyridine rings is 1. The molecule has 23 heavy (non-hydrogen) atoms. The highest BCUT2D eigenvalue weighted by Crippen LogP contribution is 2.18. The van der Waals surface area contributed by atoms with E-state index in [-0.39, 0.29) is 30.7 Å². The molecule has 0 spiro atoms. The van der Waals surface area contributed by atoms with Crippen molar-refractivity contribution in [3.05, 3.63) is 18.2 Å². The van der Waals surface area contributed by atoms with Gasteiger partial charge < -0.3 is 10.1 Å². The second kappa shape index (κ2) is 6.03. The zero-order chi connectivity index (χ0) is 17.3. The first-order valence-corrected chi connectivity index (χ1v) is 8.29. The van der Waals surface area contributed by atoms with E-state index in [1.165, 1.54) is 18.2 Å². The van der Waals surface area contributed by atoms with E-state index in [2.05, 4.69) is 19.8 Å². The molecule has 0 radical (unpaired) electrons. The molecule has 2 amide bonds. The largest absolute Gasteiger partial charge is 0.447 e. The fourth-order valence-corrected chi connectivity index (χ4v) is 2.70. The van der Waals surface area contributed by atoms with Crippen molar-refractivity contribution in [3.8, 4) is 0 Å². The van der Waals surface area contributed by atoms with E-state index in [9.17, 15) is 18.0 Å². The first kappa shape index (κ1) is 17.0. The molecule has 0 saturated carbocycles. The van der Waals surface area contributed by atoms with Crippen LogP contribution in [-0.4, -0.2) is 42.9 Å². The van der Waals surface area contributed by atoms with E-state index in [4.69, 9.17) is 0 Å². The summed E-state index contributed by atoms with van der Waals surface area (Å²) < 4.78 is 31.5. The molecule has 1 aromatic rings. The summed E-state index contributed by atoms with van der Waals surface area (Å²) in [6, 6.07) is 4.47. The van der Waals surface area contributed by atoms with E-state index in [1.807, 2.05) is 0 Å². The monoisotopic (exact) mass is 342 g/mol. The van der Waals surface area contributed by atoms with Gasteiger partial charge in [0.05, 0.1) is 6.54 Å². The summed E-state index contributed by atoms with van der Waals surface area (Å²) in [4.78, 5) is 27.3. The molecule has 2 heterocycles. The van der Waals surface area contributed by atoms with E-state index in [0.717, 1.165) is 0 Å². The molecular formula is C13H18N4O5S. The van der Waals surface area contributed by atoms with Gasteiger partial charge in [0.1, 0.15) is 18.2 Å². The number of amides is 2. The molecule has 0 aromatic carbocycles. The van der Waals surface area contributed by atoms with E-state index in [0.29, 0.717) is 4.31 Å². The Balaban J connectivity index is 2.14. The van der Waals surface area contributed by atoms with Crippen molar-refractivity contribution in [2.24, 2.45) is 5.41 Å². The number of hydrogen-bond donors (Lipinski definition) is 2. The highest BCUT2D eigenvalue weighted by molar-refractivity contribution is 7.90. The number of carbonyl (C=O) groups excluding carboxylic acids is 2. The third-order valence-corrected chi connectivity index (χ3v) is 4.30. The highest BCUT2D eigenvalue weighted by atomic mass is 32.2. The molecule has 0 atom stereocenters. The van der Waals surface area contributed by atoms with Crippen LogP contribution in [0.25, 0.3) is 0 Å². The maximum Gasteiger partial charge on any atom is 0.425 e. The van der Waals surface area contributed by atoms with Gasteiger partial charge in [0.15, 0.2) is 0 Å². The minimum absolute atomic E-state index is 0.00878. The lowest BCUT2D eigenvalue weighted by Gasteiger charge is -2.18. The lowest BCUT2D eigenvalue weighted by Crippen LogP contribution is -2.36. The summed E-state index contributed by atoms with van der Waals surface area (Å²) in [5.41, 5.74) is -0.615. The van der Waals surface area contributed by atoms with Gasteiger partial charge >= 0.3 is 16.3 Å². The van der Waals surface area contributed by atoms with Crippen LogP contribution in [0.1, 0.15) is 20.8 Å². The van der Waals surface area contributed by atoms with Crippen molar-refractivity contribution in [2.45, 2.75) is 20.8 Å². The van der Waals surface area contributed by atoms with Crippen molar-refractivity contribution in [1.29, 1.82) is 0 Å². The molecule has 126 valence electrons. The number of anilines is 2. The van der Waals surface area contributed by atoms with Crippen LogP contribution in [0.4, 0.5) is 16.4 Å². The summed E-state index contributed by atoms with van der Waals surface area (Å²) in [7, 11) is -4.10. The molecule has 10 heteroatoms. The van der Waals surface area contributed by atoms with Gasteiger partial charge in [-0.25, -0.2) is 14.5 Å². The number of ether oxygens (including phenoxy) is 1. The van der Waals surface area contributed by atoms with Crippen molar-refractivity contribution >= 4 is 33.8 Å². The fourth-order valence-electron chi connectivity index (χ4n) is 1.65. The smallest absolute Gasteiger partial charge is 0.425 e. The SMILES string of the molecule is CC(C)(C)C(=O)Nc1cccc(NS(=O)(=O)N2CCOC2=O)n1. The minimum atomic E-state index is -4.10. The quantitative estimate of drug-likeness (QED) is 0.848. The Morgan fingerprint density at radius 1 is 1.30 bits per heavy atom. The van der Waals surface area contributed by atoms with Crippen molar-refractivity contribution in [3.63, 3.8) is 0 Å². The van der Waals surface area contributed by atoms with Crippen LogP contribution in [0.5, 0.6) is 0 Å². The first-order chi connectivity index (χ1) is 10.6. The van der Waals surface area contributed by atoms with Crippen molar-refractivity contribution in [2.75, 3.05) is 23.2 Å². The van der Waals surface area contributed by atoms with Gasteiger partial charge in [0.2, 0.25) is 5.91 Å². The maximum atomic E-state index is 12.1. The summed E-state index contributed by atoms with van der Waals surface area (Å²) in [5, 5.41) is 2.60. The Bertz CT molecular complexity index is 726. The number of hydrogen-bond acceptors (Lipinski definition) is 6. The number of cyclic esters (lactones) is 1. The molecule has 2 N–H and O–H groups in total. The van der Waals surface area contributed by atoms with Gasteiger partial charge in [-0.1, -0.05) is 26.8 Å². The average Bonchev–Trinajstić information content (AvgIpc) is 2.84. The highest BCUT2D eigenvalue weighted by Gasteiger charge is 2.33. The van der Waals surface area contributed by atoms with Crippen LogP contribution < -0.4 is 10.0 Å². The lowest BCUT2D eigenvalue weighted by molar-refractivity contribution is -0.123. The Morgan fingerprint density at radius 2 is 1.96 bits per heavy atom. The standard InChI is InChI=1S/C13H18N4O5S/c1-13(2,3)11(18)15-9-5-4-6-10(14-9)16-23(20,21)17-7-8-22-12(17)19/h4-6H,7-8H2,1-3H3,(H2,14,15,16,18).